The van der Waals surface area contributed by atoms with Crippen LogP contribution in [0.2, 0.25) is 0 Å². The number of rotatable bonds is 6. The summed E-state index contributed by atoms with van der Waals surface area (Å²) in [6, 6.07) is 13.1. The van der Waals surface area contributed by atoms with Crippen LogP contribution in [-0.4, -0.2) is 14.4 Å². The van der Waals surface area contributed by atoms with Gasteiger partial charge in [-0.1, -0.05) is 0 Å². The van der Waals surface area contributed by atoms with E-state index in [1.807, 2.05) is 20.8 Å². The van der Waals surface area contributed by atoms with Gasteiger partial charge in [-0.2, -0.15) is 0 Å². The molecule has 0 amide bonds. The first-order valence-corrected chi connectivity index (χ1v) is 8.80. The van der Waals surface area contributed by atoms with Gasteiger partial charge in [0.1, 0.15) is 24.5 Å². The quantitative estimate of drug-likeness (QED) is 0.334. The van der Waals surface area contributed by atoms with Crippen molar-refractivity contribution in [3.05, 3.63) is 97.1 Å². The minimum absolute atomic E-state index is 0. The van der Waals surface area contributed by atoms with E-state index in [9.17, 15) is 20.2 Å². The summed E-state index contributed by atoms with van der Waals surface area (Å²) in [5.74, 6) is 1.05. The molecule has 1 aromatic heterocycles. The monoisotopic (exact) mass is 416 g/mol. The standard InChI is InChI=1S/C20H21N4O4.ClH/c1-14-15(2)22(13-18-6-10-20(11-7-18)24(27)28)16(3)21(14)12-17-4-8-19(9-5-17)23(25)26;/h4-11H,12-13H2,1-3H3;1H/q+1;/p-1. The van der Waals surface area contributed by atoms with Gasteiger partial charge in [-0.15, -0.1) is 0 Å². The van der Waals surface area contributed by atoms with Gasteiger partial charge < -0.3 is 12.4 Å². The lowest BCUT2D eigenvalue weighted by Crippen LogP contribution is -3.00. The fourth-order valence-corrected chi connectivity index (χ4v) is 3.30. The molecule has 0 saturated carbocycles. The van der Waals surface area contributed by atoms with E-state index < -0.39 is 9.85 Å². The maximum atomic E-state index is 10.8. The van der Waals surface area contributed by atoms with Crippen LogP contribution < -0.4 is 17.0 Å². The van der Waals surface area contributed by atoms with Crippen molar-refractivity contribution < 1.29 is 26.8 Å². The zero-order valence-electron chi connectivity index (χ0n) is 16.3. The Kier molecular flexibility index (Phi) is 6.71. The number of aromatic nitrogens is 2. The predicted molar refractivity (Wildman–Crippen MR) is 103 cm³/mol. The van der Waals surface area contributed by atoms with Crippen molar-refractivity contribution in [1.82, 2.24) is 4.57 Å². The van der Waals surface area contributed by atoms with Crippen molar-refractivity contribution in [2.75, 3.05) is 0 Å². The number of halogens is 1. The highest BCUT2D eigenvalue weighted by Crippen LogP contribution is 2.17. The summed E-state index contributed by atoms with van der Waals surface area (Å²) in [7, 11) is 0. The molecule has 152 valence electrons. The Labute approximate surface area is 174 Å². The third-order valence-corrected chi connectivity index (χ3v) is 5.09. The van der Waals surface area contributed by atoms with Crippen LogP contribution in [0.3, 0.4) is 0 Å². The Morgan fingerprint density at radius 2 is 1.28 bits per heavy atom. The fraction of sp³-hybridized carbons (Fsp3) is 0.250. The number of nitrogens with zero attached hydrogens (tertiary/aromatic N) is 4. The van der Waals surface area contributed by atoms with Crippen molar-refractivity contribution in [2.24, 2.45) is 0 Å². The number of hydrogen-bond donors (Lipinski definition) is 0. The van der Waals surface area contributed by atoms with Gasteiger partial charge in [0.25, 0.3) is 17.2 Å². The lowest BCUT2D eigenvalue weighted by atomic mass is 10.2. The third-order valence-electron chi connectivity index (χ3n) is 5.09. The topological polar surface area (TPSA) is 95.1 Å². The molecule has 0 N–H and O–H groups in total. The minimum atomic E-state index is -0.405. The van der Waals surface area contributed by atoms with Crippen LogP contribution in [0.5, 0.6) is 0 Å². The average molecular weight is 417 g/mol. The lowest BCUT2D eigenvalue weighted by Gasteiger charge is -2.04. The second kappa shape index (κ2) is 8.83. The van der Waals surface area contributed by atoms with Crippen molar-refractivity contribution in [3.8, 4) is 0 Å². The van der Waals surface area contributed by atoms with Crippen LogP contribution in [0.4, 0.5) is 11.4 Å². The highest BCUT2D eigenvalue weighted by atomic mass is 35.5. The van der Waals surface area contributed by atoms with E-state index >= 15 is 0 Å². The molecule has 0 fully saturated rings. The van der Waals surface area contributed by atoms with Gasteiger partial charge in [-0.25, -0.2) is 9.13 Å². The summed E-state index contributed by atoms with van der Waals surface area (Å²) in [5, 5.41) is 21.6. The van der Waals surface area contributed by atoms with Gasteiger partial charge in [-0.05, 0) is 35.4 Å². The van der Waals surface area contributed by atoms with Gasteiger partial charge in [0.15, 0.2) is 0 Å². The van der Waals surface area contributed by atoms with Crippen LogP contribution in [0, 0.1) is 41.0 Å². The molecule has 1 heterocycles. The smallest absolute Gasteiger partial charge is 0.269 e. The number of imidazole rings is 1. The first-order chi connectivity index (χ1) is 13.3. The molecule has 29 heavy (non-hydrogen) atoms. The molecule has 0 unspecified atom stereocenters. The molecule has 0 aliphatic carbocycles. The normalized spacial score (nSPS) is 10.4. The second-order valence-electron chi connectivity index (χ2n) is 6.74. The SMILES string of the molecule is Cc1c(C)[n+](Cc2ccc([N+](=O)[O-])cc2)c(C)n1Cc1ccc([N+](=O)[O-])cc1.[Cl-]. The molecule has 0 bridgehead atoms. The first kappa shape index (κ1) is 22.0. The van der Waals surface area contributed by atoms with Crippen LogP contribution in [0.15, 0.2) is 48.5 Å². The van der Waals surface area contributed by atoms with E-state index in [2.05, 4.69) is 9.13 Å². The lowest BCUT2D eigenvalue weighted by molar-refractivity contribution is -0.699. The molecule has 8 nitrogen and oxygen atoms in total. The van der Waals surface area contributed by atoms with Gasteiger partial charge >= 0.3 is 0 Å². The van der Waals surface area contributed by atoms with Crippen molar-refractivity contribution in [2.45, 2.75) is 33.9 Å². The van der Waals surface area contributed by atoms with E-state index in [1.54, 1.807) is 24.3 Å². The number of nitro groups is 2. The maximum absolute atomic E-state index is 10.8. The minimum Gasteiger partial charge on any atom is -1.00 e. The van der Waals surface area contributed by atoms with Crippen molar-refractivity contribution in [3.63, 3.8) is 0 Å². The Morgan fingerprint density at radius 1 is 0.828 bits per heavy atom. The average Bonchev–Trinajstić information content (AvgIpc) is 2.87. The maximum Gasteiger partial charge on any atom is 0.269 e. The highest BCUT2D eigenvalue weighted by Gasteiger charge is 2.23. The van der Waals surface area contributed by atoms with Crippen LogP contribution >= 0.6 is 0 Å². The molecule has 2 aromatic carbocycles. The zero-order chi connectivity index (χ0) is 20.4. The number of hydrogen-bond acceptors (Lipinski definition) is 4. The van der Waals surface area contributed by atoms with Gasteiger partial charge in [-0.3, -0.25) is 20.2 Å². The Hall–Kier alpha value is -3.26. The highest BCUT2D eigenvalue weighted by molar-refractivity contribution is 5.34. The molecule has 9 heteroatoms. The molecule has 3 rings (SSSR count). The summed E-state index contributed by atoms with van der Waals surface area (Å²) in [6.07, 6.45) is 0. The van der Waals surface area contributed by atoms with Gasteiger partial charge in [0.2, 0.25) is 0 Å². The van der Waals surface area contributed by atoms with E-state index in [-0.39, 0.29) is 23.8 Å². The van der Waals surface area contributed by atoms with Crippen LogP contribution in [0.25, 0.3) is 0 Å². The van der Waals surface area contributed by atoms with Gasteiger partial charge in [0.05, 0.1) is 9.85 Å². The van der Waals surface area contributed by atoms with Crippen molar-refractivity contribution in [1.29, 1.82) is 0 Å². The molecule has 0 saturated heterocycles. The fourth-order valence-electron chi connectivity index (χ4n) is 3.30. The molecule has 0 aliphatic rings. The number of non-ortho nitro benzene ring substituents is 2. The van der Waals surface area contributed by atoms with E-state index in [0.717, 1.165) is 28.3 Å². The van der Waals surface area contributed by atoms with Crippen LogP contribution in [0.1, 0.15) is 28.3 Å². The van der Waals surface area contributed by atoms with Gasteiger partial charge in [0, 0.05) is 45.0 Å². The Morgan fingerprint density at radius 3 is 1.72 bits per heavy atom. The largest absolute Gasteiger partial charge is 1.00 e. The molecular weight excluding hydrogens is 396 g/mol. The summed E-state index contributed by atoms with van der Waals surface area (Å²) in [5.41, 5.74) is 4.34. The zero-order valence-corrected chi connectivity index (χ0v) is 17.1. The molecular formula is C20H21ClN4O4. The first-order valence-electron chi connectivity index (χ1n) is 8.80. The van der Waals surface area contributed by atoms with Crippen LogP contribution in [-0.2, 0) is 13.1 Å². The summed E-state index contributed by atoms with van der Waals surface area (Å²) >= 11 is 0. The Bertz CT molecular complexity index is 961. The van der Waals surface area contributed by atoms with E-state index in [0.29, 0.717) is 13.1 Å². The summed E-state index contributed by atoms with van der Waals surface area (Å²) in [4.78, 5) is 20.8. The summed E-state index contributed by atoms with van der Waals surface area (Å²) < 4.78 is 4.34. The number of benzene rings is 2. The Balaban J connectivity index is 0.00000300. The molecule has 3 aromatic rings. The third kappa shape index (κ3) is 4.60. The van der Waals surface area contributed by atoms with E-state index in [4.69, 9.17) is 0 Å². The van der Waals surface area contributed by atoms with Crippen molar-refractivity contribution >= 4 is 11.4 Å². The second-order valence-corrected chi connectivity index (χ2v) is 6.74. The summed E-state index contributed by atoms with van der Waals surface area (Å²) in [6.45, 7) is 7.34. The molecule has 0 spiro atoms. The molecule has 0 aliphatic heterocycles. The predicted octanol–water partition coefficient (Wildman–Crippen LogP) is 0.618. The molecule has 0 atom stereocenters. The van der Waals surface area contributed by atoms with E-state index in [1.165, 1.54) is 24.3 Å². The number of nitro benzene ring substituents is 2. The molecule has 0 radical (unpaired) electrons.